The van der Waals surface area contributed by atoms with Gasteiger partial charge in [-0.25, -0.2) is 8.78 Å². The van der Waals surface area contributed by atoms with Gasteiger partial charge in [0.1, 0.15) is 6.54 Å². The molecule has 1 rings (SSSR count). The molecule has 0 saturated carbocycles. The van der Waals surface area contributed by atoms with Gasteiger partial charge >= 0.3 is 0 Å². The first kappa shape index (κ1) is 8.47. The van der Waals surface area contributed by atoms with Crippen molar-refractivity contribution in [1.29, 1.82) is 5.26 Å². The van der Waals surface area contributed by atoms with E-state index in [-0.39, 0.29) is 6.54 Å². The highest BCUT2D eigenvalue weighted by Crippen LogP contribution is 2.12. The Morgan fingerprint density at radius 3 is 2.67 bits per heavy atom. The molecule has 0 spiro atoms. The monoisotopic (exact) mass is 168 g/mol. The lowest BCUT2D eigenvalue weighted by Crippen LogP contribution is -1.98. The van der Waals surface area contributed by atoms with Crippen LogP contribution >= 0.6 is 0 Å². The highest BCUT2D eigenvalue weighted by Gasteiger charge is 2.00. The van der Waals surface area contributed by atoms with Crippen LogP contribution in [0.25, 0.3) is 0 Å². The molecule has 0 amide bonds. The van der Waals surface area contributed by atoms with Crippen molar-refractivity contribution in [3.63, 3.8) is 0 Å². The van der Waals surface area contributed by atoms with Crippen LogP contribution in [0.15, 0.2) is 18.2 Å². The molecule has 1 aromatic rings. The quantitative estimate of drug-likeness (QED) is 0.684. The Balaban J connectivity index is 2.77. The lowest BCUT2D eigenvalue weighted by molar-refractivity contribution is 0.509. The van der Waals surface area contributed by atoms with Gasteiger partial charge in [-0.3, -0.25) is 0 Å². The summed E-state index contributed by atoms with van der Waals surface area (Å²) in [6.45, 7) is 0.0745. The third kappa shape index (κ3) is 1.92. The number of hydrogen-bond donors (Lipinski definition) is 1. The molecule has 0 heterocycles. The van der Waals surface area contributed by atoms with E-state index >= 15 is 0 Å². The number of anilines is 1. The summed E-state index contributed by atoms with van der Waals surface area (Å²) in [4.78, 5) is 0. The first-order valence-corrected chi connectivity index (χ1v) is 3.30. The van der Waals surface area contributed by atoms with Crippen LogP contribution < -0.4 is 5.32 Å². The van der Waals surface area contributed by atoms with Crippen molar-refractivity contribution in [3.05, 3.63) is 29.8 Å². The zero-order chi connectivity index (χ0) is 8.97. The number of nitrogens with one attached hydrogen (secondary N) is 1. The molecule has 12 heavy (non-hydrogen) atoms. The zero-order valence-electron chi connectivity index (χ0n) is 6.14. The molecule has 0 aliphatic carbocycles. The predicted molar refractivity (Wildman–Crippen MR) is 40.5 cm³/mol. The van der Waals surface area contributed by atoms with Gasteiger partial charge in [0.05, 0.1) is 6.07 Å². The lowest BCUT2D eigenvalue weighted by Gasteiger charge is -2.00. The topological polar surface area (TPSA) is 35.8 Å². The van der Waals surface area contributed by atoms with E-state index in [1.165, 1.54) is 6.07 Å². The second-order valence-corrected chi connectivity index (χ2v) is 2.14. The summed E-state index contributed by atoms with van der Waals surface area (Å²) in [5.74, 6) is -1.81. The van der Waals surface area contributed by atoms with Gasteiger partial charge in [0.2, 0.25) is 0 Å². The summed E-state index contributed by atoms with van der Waals surface area (Å²) < 4.78 is 24.9. The van der Waals surface area contributed by atoms with E-state index in [0.717, 1.165) is 12.1 Å². The van der Waals surface area contributed by atoms with E-state index in [1.54, 1.807) is 0 Å². The van der Waals surface area contributed by atoms with Crippen LogP contribution in [-0.2, 0) is 0 Å². The molecule has 0 aromatic heterocycles. The molecule has 2 nitrogen and oxygen atoms in total. The van der Waals surface area contributed by atoms with Crippen LogP contribution in [0.4, 0.5) is 14.5 Å². The second kappa shape index (κ2) is 3.67. The number of hydrogen-bond acceptors (Lipinski definition) is 2. The molecule has 0 radical (unpaired) electrons. The van der Waals surface area contributed by atoms with Crippen molar-refractivity contribution in [2.45, 2.75) is 0 Å². The van der Waals surface area contributed by atoms with Gasteiger partial charge in [0, 0.05) is 11.8 Å². The molecule has 0 bridgehead atoms. The Kier molecular flexibility index (Phi) is 2.59. The van der Waals surface area contributed by atoms with Gasteiger partial charge in [-0.05, 0) is 12.1 Å². The largest absolute Gasteiger partial charge is 0.372 e. The molecule has 0 aliphatic heterocycles. The number of benzene rings is 1. The maximum absolute atomic E-state index is 12.5. The summed E-state index contributed by atoms with van der Waals surface area (Å²) in [5.41, 5.74) is 0.399. The molecule has 0 fully saturated rings. The lowest BCUT2D eigenvalue weighted by atomic mass is 10.3. The molecular weight excluding hydrogens is 162 g/mol. The molecular formula is C8H6F2N2. The zero-order valence-corrected chi connectivity index (χ0v) is 6.14. The molecule has 0 atom stereocenters. The third-order valence-electron chi connectivity index (χ3n) is 1.29. The first-order chi connectivity index (χ1) is 5.74. The Hall–Kier alpha value is -1.63. The smallest absolute Gasteiger partial charge is 0.160 e. The standard InChI is InChI=1S/C8H6F2N2/c9-7-2-1-6(5-8(7)10)12-4-3-11/h1-2,5,12H,4H2. The molecule has 0 unspecified atom stereocenters. The fourth-order valence-electron chi connectivity index (χ4n) is 0.748. The molecule has 4 heteroatoms. The van der Waals surface area contributed by atoms with Crippen molar-refractivity contribution in [2.24, 2.45) is 0 Å². The normalized spacial score (nSPS) is 9.08. The van der Waals surface area contributed by atoms with Crippen LogP contribution in [-0.4, -0.2) is 6.54 Å². The van der Waals surface area contributed by atoms with E-state index in [9.17, 15) is 8.78 Å². The van der Waals surface area contributed by atoms with Crippen LogP contribution in [0.5, 0.6) is 0 Å². The van der Waals surface area contributed by atoms with Gasteiger partial charge in [-0.15, -0.1) is 0 Å². The van der Waals surface area contributed by atoms with Crippen molar-refractivity contribution < 1.29 is 8.78 Å². The van der Waals surface area contributed by atoms with Gasteiger partial charge in [-0.2, -0.15) is 5.26 Å². The Morgan fingerprint density at radius 1 is 1.33 bits per heavy atom. The predicted octanol–water partition coefficient (Wildman–Crippen LogP) is 1.90. The summed E-state index contributed by atoms with van der Waals surface area (Å²) in [7, 11) is 0. The molecule has 1 N–H and O–H groups in total. The van der Waals surface area contributed by atoms with Gasteiger partial charge in [-0.1, -0.05) is 0 Å². The van der Waals surface area contributed by atoms with Crippen molar-refractivity contribution >= 4 is 5.69 Å². The van der Waals surface area contributed by atoms with Gasteiger partial charge < -0.3 is 5.32 Å². The highest BCUT2D eigenvalue weighted by molar-refractivity contribution is 5.44. The Bertz CT molecular complexity index is 317. The Morgan fingerprint density at radius 2 is 2.08 bits per heavy atom. The average Bonchev–Trinajstić information content (AvgIpc) is 2.07. The number of nitrogens with zero attached hydrogens (tertiary/aromatic N) is 1. The van der Waals surface area contributed by atoms with Crippen LogP contribution in [0.3, 0.4) is 0 Å². The minimum atomic E-state index is -0.919. The SMILES string of the molecule is N#CCNc1ccc(F)c(F)c1. The maximum atomic E-state index is 12.5. The summed E-state index contributed by atoms with van der Waals surface area (Å²) in [6.07, 6.45) is 0. The van der Waals surface area contributed by atoms with E-state index in [4.69, 9.17) is 5.26 Å². The molecule has 1 aromatic carbocycles. The maximum Gasteiger partial charge on any atom is 0.160 e. The van der Waals surface area contributed by atoms with Crippen LogP contribution in [0.2, 0.25) is 0 Å². The minimum absolute atomic E-state index is 0.0745. The van der Waals surface area contributed by atoms with Crippen molar-refractivity contribution in [3.8, 4) is 6.07 Å². The second-order valence-electron chi connectivity index (χ2n) is 2.14. The van der Waals surface area contributed by atoms with Crippen LogP contribution in [0.1, 0.15) is 0 Å². The number of rotatable bonds is 2. The van der Waals surface area contributed by atoms with Gasteiger partial charge in [0.25, 0.3) is 0 Å². The fraction of sp³-hybridized carbons (Fsp3) is 0.125. The average molecular weight is 168 g/mol. The molecule has 0 aliphatic rings. The minimum Gasteiger partial charge on any atom is -0.372 e. The van der Waals surface area contributed by atoms with Gasteiger partial charge in [0.15, 0.2) is 11.6 Å². The fourth-order valence-corrected chi connectivity index (χ4v) is 0.748. The van der Waals surface area contributed by atoms with E-state index in [2.05, 4.69) is 5.32 Å². The summed E-state index contributed by atoms with van der Waals surface area (Å²) in [5, 5.41) is 10.8. The molecule has 62 valence electrons. The van der Waals surface area contributed by atoms with E-state index in [1.807, 2.05) is 6.07 Å². The molecule has 0 saturated heterocycles. The number of halogens is 2. The summed E-state index contributed by atoms with van der Waals surface area (Å²) in [6, 6.07) is 5.21. The van der Waals surface area contributed by atoms with Crippen molar-refractivity contribution in [1.82, 2.24) is 0 Å². The van der Waals surface area contributed by atoms with Crippen LogP contribution in [0, 0.1) is 23.0 Å². The summed E-state index contributed by atoms with van der Waals surface area (Å²) >= 11 is 0. The third-order valence-corrected chi connectivity index (χ3v) is 1.29. The Labute approximate surface area is 68.4 Å². The number of nitriles is 1. The first-order valence-electron chi connectivity index (χ1n) is 3.30. The van der Waals surface area contributed by atoms with Crippen molar-refractivity contribution in [2.75, 3.05) is 11.9 Å². The van der Waals surface area contributed by atoms with E-state index in [0.29, 0.717) is 5.69 Å². The van der Waals surface area contributed by atoms with E-state index < -0.39 is 11.6 Å². The highest BCUT2D eigenvalue weighted by atomic mass is 19.2.